The van der Waals surface area contributed by atoms with Gasteiger partial charge in [0.05, 0.1) is 13.0 Å². The lowest BCUT2D eigenvalue weighted by Gasteiger charge is -2.12. The lowest BCUT2D eigenvalue weighted by atomic mass is 10.2. The Morgan fingerprint density at radius 1 is 1.50 bits per heavy atom. The molecule has 0 aromatic heterocycles. The number of rotatable bonds is 8. The zero-order valence-electron chi connectivity index (χ0n) is 10.8. The van der Waals surface area contributed by atoms with Crippen molar-refractivity contribution in [3.8, 4) is 5.75 Å². The minimum absolute atomic E-state index is 0.0164. The molecule has 1 rings (SSSR count). The quantitative estimate of drug-likeness (QED) is 0.712. The van der Waals surface area contributed by atoms with Gasteiger partial charge in [-0.15, -0.1) is 6.58 Å². The first kappa shape index (κ1) is 15.7. The highest BCUT2D eigenvalue weighted by Gasteiger charge is 2.17. The molecular weight excluding hydrogens is 265 g/mol. The third-order valence-electron chi connectivity index (χ3n) is 2.43. The van der Waals surface area contributed by atoms with Crippen LogP contribution in [0.3, 0.4) is 0 Å². The second-order valence-corrected chi connectivity index (χ2v) is 4.04. The Morgan fingerprint density at radius 3 is 2.85 bits per heavy atom. The number of halogens is 1. The number of hydrogen-bond acceptors (Lipinski definition) is 3. The van der Waals surface area contributed by atoms with Crippen molar-refractivity contribution in [1.82, 2.24) is 5.32 Å². The summed E-state index contributed by atoms with van der Waals surface area (Å²) < 4.78 is 18.1. The lowest BCUT2D eigenvalue weighted by molar-refractivity contribution is -0.141. The van der Waals surface area contributed by atoms with Crippen LogP contribution in [0.2, 0.25) is 0 Å². The molecule has 1 unspecified atom stereocenters. The minimum atomic E-state index is -1.12. The van der Waals surface area contributed by atoms with Crippen molar-refractivity contribution in [3.05, 3.63) is 42.7 Å². The fourth-order valence-electron chi connectivity index (χ4n) is 1.47. The van der Waals surface area contributed by atoms with E-state index in [1.54, 1.807) is 6.07 Å². The van der Waals surface area contributed by atoms with Gasteiger partial charge in [-0.1, -0.05) is 12.1 Å². The number of aliphatic carboxylic acids is 1. The van der Waals surface area contributed by atoms with Crippen molar-refractivity contribution in [3.63, 3.8) is 0 Å². The van der Waals surface area contributed by atoms with Crippen molar-refractivity contribution in [2.75, 3.05) is 6.61 Å². The van der Waals surface area contributed by atoms with E-state index in [0.29, 0.717) is 5.75 Å². The van der Waals surface area contributed by atoms with Crippen LogP contribution in [0.15, 0.2) is 36.9 Å². The van der Waals surface area contributed by atoms with Gasteiger partial charge in [0.1, 0.15) is 17.6 Å². The van der Waals surface area contributed by atoms with Gasteiger partial charge in [-0.3, -0.25) is 4.79 Å². The number of hydrogen-bond donors (Lipinski definition) is 2. The number of amides is 1. The van der Waals surface area contributed by atoms with Crippen molar-refractivity contribution in [2.24, 2.45) is 0 Å². The molecule has 0 radical (unpaired) electrons. The number of carbonyl (C=O) groups excluding carboxylic acids is 1. The highest BCUT2D eigenvalue weighted by Crippen LogP contribution is 2.11. The van der Waals surface area contributed by atoms with E-state index in [9.17, 15) is 14.0 Å². The van der Waals surface area contributed by atoms with Gasteiger partial charge in [0.25, 0.3) is 0 Å². The Labute approximate surface area is 116 Å². The molecule has 0 aliphatic carbocycles. The van der Waals surface area contributed by atoms with Gasteiger partial charge in [0.2, 0.25) is 5.91 Å². The van der Waals surface area contributed by atoms with Crippen molar-refractivity contribution in [1.29, 1.82) is 0 Å². The summed E-state index contributed by atoms with van der Waals surface area (Å²) in [5, 5.41) is 11.2. The van der Waals surface area contributed by atoms with Gasteiger partial charge >= 0.3 is 5.97 Å². The molecule has 0 saturated heterocycles. The van der Waals surface area contributed by atoms with Crippen LogP contribution in [0.5, 0.6) is 5.75 Å². The molecule has 0 aliphatic rings. The fraction of sp³-hybridized carbons (Fsp3) is 0.286. The fourth-order valence-corrected chi connectivity index (χ4v) is 1.47. The van der Waals surface area contributed by atoms with Gasteiger partial charge in [0, 0.05) is 6.07 Å². The van der Waals surface area contributed by atoms with Crippen LogP contribution in [-0.4, -0.2) is 29.6 Å². The smallest absolute Gasteiger partial charge is 0.326 e. The molecule has 0 aliphatic heterocycles. The van der Waals surface area contributed by atoms with Crippen molar-refractivity contribution in [2.45, 2.75) is 18.9 Å². The molecule has 6 heteroatoms. The summed E-state index contributed by atoms with van der Waals surface area (Å²) in [6, 6.07) is 4.56. The molecule has 1 aromatic carbocycles. The van der Waals surface area contributed by atoms with E-state index < -0.39 is 23.7 Å². The maximum Gasteiger partial charge on any atom is 0.326 e. The maximum atomic E-state index is 12.9. The van der Waals surface area contributed by atoms with E-state index in [-0.39, 0.29) is 19.4 Å². The van der Waals surface area contributed by atoms with E-state index >= 15 is 0 Å². The predicted octanol–water partition coefficient (Wildman–Crippen LogP) is 1.74. The van der Waals surface area contributed by atoms with Crippen LogP contribution in [0.1, 0.15) is 12.8 Å². The normalized spacial score (nSPS) is 11.4. The van der Waals surface area contributed by atoms with Crippen LogP contribution in [0.4, 0.5) is 4.39 Å². The van der Waals surface area contributed by atoms with Crippen LogP contribution < -0.4 is 10.1 Å². The number of carboxylic acid groups (broad SMARTS) is 1. The third-order valence-corrected chi connectivity index (χ3v) is 2.43. The van der Waals surface area contributed by atoms with Crippen LogP contribution in [0, 0.1) is 5.82 Å². The molecular formula is C14H16FNO4. The zero-order chi connectivity index (χ0) is 15.0. The minimum Gasteiger partial charge on any atom is -0.493 e. The summed E-state index contributed by atoms with van der Waals surface area (Å²) >= 11 is 0. The van der Waals surface area contributed by atoms with Crippen LogP contribution in [0.25, 0.3) is 0 Å². The summed E-state index contributed by atoms with van der Waals surface area (Å²) in [5.74, 6) is -1.68. The van der Waals surface area contributed by atoms with Gasteiger partial charge in [-0.2, -0.15) is 0 Å². The molecule has 0 saturated carbocycles. The molecule has 20 heavy (non-hydrogen) atoms. The molecule has 0 spiro atoms. The van der Waals surface area contributed by atoms with Gasteiger partial charge in [-0.25, -0.2) is 9.18 Å². The Hall–Kier alpha value is -2.37. The summed E-state index contributed by atoms with van der Waals surface area (Å²) in [6.07, 6.45) is 1.55. The highest BCUT2D eigenvalue weighted by atomic mass is 19.1. The number of carboxylic acids is 1. The Balaban J connectivity index is 2.36. The van der Waals surface area contributed by atoms with Crippen molar-refractivity contribution < 1.29 is 23.8 Å². The van der Waals surface area contributed by atoms with E-state index in [1.807, 2.05) is 0 Å². The number of benzene rings is 1. The first-order chi connectivity index (χ1) is 9.52. The average Bonchev–Trinajstić information content (AvgIpc) is 2.38. The molecule has 1 aromatic rings. The molecule has 108 valence electrons. The molecule has 5 nitrogen and oxygen atoms in total. The average molecular weight is 281 g/mol. The molecule has 0 bridgehead atoms. The topological polar surface area (TPSA) is 75.6 Å². The summed E-state index contributed by atoms with van der Waals surface area (Å²) in [6.45, 7) is 3.46. The van der Waals surface area contributed by atoms with E-state index in [0.717, 1.165) is 0 Å². The molecule has 0 heterocycles. The standard InChI is InChI=1S/C14H16FNO4/c1-2-4-12(14(18)19)16-13(17)7-8-20-11-6-3-5-10(15)9-11/h2-3,5-6,9,12H,1,4,7-8H2,(H,16,17)(H,18,19). The molecule has 1 atom stereocenters. The van der Waals surface area contributed by atoms with Gasteiger partial charge in [-0.05, 0) is 18.6 Å². The molecule has 2 N–H and O–H groups in total. The van der Waals surface area contributed by atoms with E-state index in [4.69, 9.17) is 9.84 Å². The van der Waals surface area contributed by atoms with Crippen LogP contribution >= 0.6 is 0 Å². The summed E-state index contributed by atoms with van der Waals surface area (Å²) in [5.41, 5.74) is 0. The SMILES string of the molecule is C=CCC(NC(=O)CCOc1cccc(F)c1)C(=O)O. The third kappa shape index (κ3) is 5.51. The summed E-state index contributed by atoms with van der Waals surface area (Å²) in [4.78, 5) is 22.3. The lowest BCUT2D eigenvalue weighted by Crippen LogP contribution is -2.40. The highest BCUT2D eigenvalue weighted by molar-refractivity contribution is 5.83. The molecule has 0 fully saturated rings. The maximum absolute atomic E-state index is 12.9. The van der Waals surface area contributed by atoms with Gasteiger partial charge in [0.15, 0.2) is 0 Å². The number of nitrogens with one attached hydrogen (secondary N) is 1. The van der Waals surface area contributed by atoms with Crippen LogP contribution in [-0.2, 0) is 9.59 Å². The Bertz CT molecular complexity index is 490. The van der Waals surface area contributed by atoms with Crippen molar-refractivity contribution >= 4 is 11.9 Å². The first-order valence-electron chi connectivity index (χ1n) is 6.04. The van der Waals surface area contributed by atoms with Gasteiger partial charge < -0.3 is 15.2 Å². The van der Waals surface area contributed by atoms with E-state index in [1.165, 1.54) is 24.3 Å². The Kier molecular flexibility index (Phi) is 6.22. The first-order valence-corrected chi connectivity index (χ1v) is 6.04. The predicted molar refractivity (Wildman–Crippen MR) is 70.9 cm³/mol. The number of carbonyl (C=O) groups is 2. The summed E-state index contributed by atoms with van der Waals surface area (Å²) in [7, 11) is 0. The Morgan fingerprint density at radius 2 is 2.25 bits per heavy atom. The largest absolute Gasteiger partial charge is 0.493 e. The number of ether oxygens (including phenoxy) is 1. The monoisotopic (exact) mass is 281 g/mol. The van der Waals surface area contributed by atoms with E-state index in [2.05, 4.69) is 11.9 Å². The second-order valence-electron chi connectivity index (χ2n) is 4.04. The molecule has 1 amide bonds. The zero-order valence-corrected chi connectivity index (χ0v) is 10.8. The second kappa shape index (κ2) is 7.93.